The molecule has 94 valence electrons. The molecule has 1 heterocycles. The number of amides is 1. The summed E-state index contributed by atoms with van der Waals surface area (Å²) in [7, 11) is 0. The number of benzene rings is 1. The molecule has 1 aromatic heterocycles. The van der Waals surface area contributed by atoms with E-state index >= 15 is 0 Å². The summed E-state index contributed by atoms with van der Waals surface area (Å²) in [5, 5.41) is 10.8. The predicted molar refractivity (Wildman–Crippen MR) is 70.4 cm³/mol. The monoisotopic (exact) mass is 244 g/mol. The van der Waals surface area contributed by atoms with Crippen molar-refractivity contribution in [3.05, 3.63) is 42.2 Å². The zero-order valence-corrected chi connectivity index (χ0v) is 10.3. The Balaban J connectivity index is 2.44. The number of likely N-dealkylation sites (N-methyl/N-ethyl adjacent to an activating group) is 1. The highest BCUT2D eigenvalue weighted by Crippen LogP contribution is 2.17. The SMILES string of the molecule is CCN(CCO)C(=O)c1nccc2ccccc12. The number of pyridine rings is 1. The first-order chi connectivity index (χ1) is 8.77. The van der Waals surface area contributed by atoms with Gasteiger partial charge in [-0.1, -0.05) is 24.3 Å². The zero-order valence-electron chi connectivity index (χ0n) is 10.3. The number of hydrogen-bond donors (Lipinski definition) is 1. The third-order valence-electron chi connectivity index (χ3n) is 2.92. The highest BCUT2D eigenvalue weighted by atomic mass is 16.3. The molecular weight excluding hydrogens is 228 g/mol. The highest BCUT2D eigenvalue weighted by molar-refractivity contribution is 6.05. The quantitative estimate of drug-likeness (QED) is 0.890. The number of fused-ring (bicyclic) bond motifs is 1. The summed E-state index contributed by atoms with van der Waals surface area (Å²) >= 11 is 0. The summed E-state index contributed by atoms with van der Waals surface area (Å²) in [6.45, 7) is 2.74. The van der Waals surface area contributed by atoms with Crippen molar-refractivity contribution in [2.75, 3.05) is 19.7 Å². The first kappa shape index (κ1) is 12.5. The van der Waals surface area contributed by atoms with Gasteiger partial charge in [0.15, 0.2) is 0 Å². The molecule has 18 heavy (non-hydrogen) atoms. The summed E-state index contributed by atoms with van der Waals surface area (Å²) < 4.78 is 0. The number of carbonyl (C=O) groups is 1. The third kappa shape index (κ3) is 2.33. The number of aromatic nitrogens is 1. The average molecular weight is 244 g/mol. The molecule has 0 bridgehead atoms. The minimum absolute atomic E-state index is 0.0374. The predicted octanol–water partition coefficient (Wildman–Crippen LogP) is 1.69. The van der Waals surface area contributed by atoms with Crippen LogP contribution in [0.15, 0.2) is 36.5 Å². The summed E-state index contributed by atoms with van der Waals surface area (Å²) in [6.07, 6.45) is 1.64. The van der Waals surface area contributed by atoms with Gasteiger partial charge in [-0.2, -0.15) is 0 Å². The molecule has 0 unspecified atom stereocenters. The lowest BCUT2D eigenvalue weighted by Crippen LogP contribution is -2.34. The molecule has 2 rings (SSSR count). The van der Waals surface area contributed by atoms with Crippen molar-refractivity contribution in [1.29, 1.82) is 0 Å². The lowest BCUT2D eigenvalue weighted by atomic mass is 10.1. The lowest BCUT2D eigenvalue weighted by Gasteiger charge is -2.19. The van der Waals surface area contributed by atoms with Crippen LogP contribution in [0.5, 0.6) is 0 Å². The maximum absolute atomic E-state index is 12.3. The van der Waals surface area contributed by atoms with Gasteiger partial charge < -0.3 is 10.0 Å². The van der Waals surface area contributed by atoms with Crippen LogP contribution in [0.1, 0.15) is 17.4 Å². The summed E-state index contributed by atoms with van der Waals surface area (Å²) in [5.41, 5.74) is 0.448. The van der Waals surface area contributed by atoms with E-state index in [9.17, 15) is 4.79 Å². The number of aliphatic hydroxyl groups excluding tert-OH is 1. The molecule has 2 aromatic rings. The van der Waals surface area contributed by atoms with Crippen molar-refractivity contribution in [3.63, 3.8) is 0 Å². The van der Waals surface area contributed by atoms with Gasteiger partial charge in [0.2, 0.25) is 0 Å². The first-order valence-corrected chi connectivity index (χ1v) is 6.01. The van der Waals surface area contributed by atoms with Gasteiger partial charge in [-0.05, 0) is 18.4 Å². The summed E-state index contributed by atoms with van der Waals surface area (Å²) in [5.74, 6) is -0.136. The van der Waals surface area contributed by atoms with Gasteiger partial charge in [0.1, 0.15) is 5.69 Å². The van der Waals surface area contributed by atoms with E-state index in [1.54, 1.807) is 11.1 Å². The molecule has 0 aliphatic rings. The maximum atomic E-state index is 12.3. The Labute approximate surface area is 106 Å². The molecule has 0 spiro atoms. The average Bonchev–Trinajstić information content (AvgIpc) is 2.43. The van der Waals surface area contributed by atoms with E-state index in [2.05, 4.69) is 4.98 Å². The molecule has 0 saturated carbocycles. The fourth-order valence-corrected chi connectivity index (χ4v) is 1.96. The molecule has 0 fully saturated rings. The smallest absolute Gasteiger partial charge is 0.273 e. The van der Waals surface area contributed by atoms with Crippen LogP contribution in [-0.4, -0.2) is 40.6 Å². The normalized spacial score (nSPS) is 10.6. The second kappa shape index (κ2) is 5.60. The second-order valence-electron chi connectivity index (χ2n) is 3.99. The maximum Gasteiger partial charge on any atom is 0.273 e. The van der Waals surface area contributed by atoms with E-state index in [4.69, 9.17) is 5.11 Å². The van der Waals surface area contributed by atoms with Gasteiger partial charge in [-0.25, -0.2) is 0 Å². The Morgan fingerprint density at radius 3 is 2.83 bits per heavy atom. The van der Waals surface area contributed by atoms with Crippen LogP contribution in [0.3, 0.4) is 0 Å². The summed E-state index contributed by atoms with van der Waals surface area (Å²) in [4.78, 5) is 18.1. The van der Waals surface area contributed by atoms with Gasteiger partial charge in [-0.3, -0.25) is 9.78 Å². The minimum atomic E-state index is -0.136. The van der Waals surface area contributed by atoms with Crippen LogP contribution >= 0.6 is 0 Å². The number of aliphatic hydroxyl groups is 1. The van der Waals surface area contributed by atoms with E-state index in [0.29, 0.717) is 18.8 Å². The number of carbonyl (C=O) groups excluding carboxylic acids is 1. The molecule has 4 nitrogen and oxygen atoms in total. The largest absolute Gasteiger partial charge is 0.395 e. The van der Waals surface area contributed by atoms with Crippen molar-refractivity contribution in [2.24, 2.45) is 0 Å². The van der Waals surface area contributed by atoms with Crippen LogP contribution in [0.25, 0.3) is 10.8 Å². The lowest BCUT2D eigenvalue weighted by molar-refractivity contribution is 0.0728. The Hall–Kier alpha value is -1.94. The van der Waals surface area contributed by atoms with E-state index in [1.807, 2.05) is 37.3 Å². The second-order valence-corrected chi connectivity index (χ2v) is 3.99. The number of rotatable bonds is 4. The van der Waals surface area contributed by atoms with Gasteiger partial charge in [0.05, 0.1) is 6.61 Å². The molecule has 0 aliphatic heterocycles. The van der Waals surface area contributed by atoms with E-state index in [1.165, 1.54) is 0 Å². The number of hydrogen-bond acceptors (Lipinski definition) is 3. The Morgan fingerprint density at radius 2 is 2.11 bits per heavy atom. The fourth-order valence-electron chi connectivity index (χ4n) is 1.96. The molecule has 1 N–H and O–H groups in total. The fraction of sp³-hybridized carbons (Fsp3) is 0.286. The standard InChI is InChI=1S/C14H16N2O2/c1-2-16(9-10-17)14(18)13-12-6-4-3-5-11(12)7-8-15-13/h3-8,17H,2,9-10H2,1H3. The van der Waals surface area contributed by atoms with Gasteiger partial charge >= 0.3 is 0 Å². The van der Waals surface area contributed by atoms with Gasteiger partial charge in [0, 0.05) is 24.7 Å². The van der Waals surface area contributed by atoms with Crippen molar-refractivity contribution in [1.82, 2.24) is 9.88 Å². The van der Waals surface area contributed by atoms with Crippen LogP contribution in [0.4, 0.5) is 0 Å². The van der Waals surface area contributed by atoms with Crippen LogP contribution in [0, 0.1) is 0 Å². The van der Waals surface area contributed by atoms with Crippen LogP contribution in [-0.2, 0) is 0 Å². The number of nitrogens with zero attached hydrogens (tertiary/aromatic N) is 2. The van der Waals surface area contributed by atoms with E-state index < -0.39 is 0 Å². The molecular formula is C14H16N2O2. The molecule has 0 radical (unpaired) electrons. The molecule has 1 amide bonds. The molecule has 0 aliphatic carbocycles. The minimum Gasteiger partial charge on any atom is -0.395 e. The highest BCUT2D eigenvalue weighted by Gasteiger charge is 2.17. The molecule has 4 heteroatoms. The Kier molecular flexibility index (Phi) is 3.89. The Bertz CT molecular complexity index is 549. The third-order valence-corrected chi connectivity index (χ3v) is 2.92. The van der Waals surface area contributed by atoms with Crippen LogP contribution < -0.4 is 0 Å². The van der Waals surface area contributed by atoms with Crippen molar-refractivity contribution in [3.8, 4) is 0 Å². The molecule has 1 aromatic carbocycles. The van der Waals surface area contributed by atoms with Gasteiger partial charge in [-0.15, -0.1) is 0 Å². The van der Waals surface area contributed by atoms with Crippen molar-refractivity contribution in [2.45, 2.75) is 6.92 Å². The van der Waals surface area contributed by atoms with Crippen LogP contribution in [0.2, 0.25) is 0 Å². The van der Waals surface area contributed by atoms with E-state index in [-0.39, 0.29) is 12.5 Å². The van der Waals surface area contributed by atoms with Crippen molar-refractivity contribution < 1.29 is 9.90 Å². The summed E-state index contributed by atoms with van der Waals surface area (Å²) in [6, 6.07) is 9.55. The van der Waals surface area contributed by atoms with Crippen molar-refractivity contribution >= 4 is 16.7 Å². The first-order valence-electron chi connectivity index (χ1n) is 6.01. The van der Waals surface area contributed by atoms with Gasteiger partial charge in [0.25, 0.3) is 5.91 Å². The van der Waals surface area contributed by atoms with E-state index in [0.717, 1.165) is 10.8 Å². The Morgan fingerprint density at radius 1 is 1.33 bits per heavy atom. The molecule has 0 saturated heterocycles. The molecule has 0 atom stereocenters. The zero-order chi connectivity index (χ0) is 13.0. The topological polar surface area (TPSA) is 53.4 Å².